The van der Waals surface area contributed by atoms with Crippen molar-refractivity contribution in [3.05, 3.63) is 29.8 Å². The molecule has 0 heterocycles. The van der Waals surface area contributed by atoms with E-state index in [9.17, 15) is 0 Å². The van der Waals surface area contributed by atoms with Gasteiger partial charge in [0.15, 0.2) is 6.29 Å². The molecule has 0 unspecified atom stereocenters. The van der Waals surface area contributed by atoms with Gasteiger partial charge in [-0.15, -0.1) is 0 Å². The summed E-state index contributed by atoms with van der Waals surface area (Å²) in [5.41, 5.74) is 2.24. The van der Waals surface area contributed by atoms with E-state index >= 15 is 0 Å². The van der Waals surface area contributed by atoms with Crippen LogP contribution in [0.15, 0.2) is 24.3 Å². The van der Waals surface area contributed by atoms with Crippen LogP contribution in [0.25, 0.3) is 0 Å². The Bertz CT molecular complexity index is 487. The smallest absolute Gasteiger partial charge is 0.183 e. The fourth-order valence-corrected chi connectivity index (χ4v) is 5.17. The third-order valence-electron chi connectivity index (χ3n) is 6.40. The van der Waals surface area contributed by atoms with Gasteiger partial charge < -0.3 is 14.8 Å². The third-order valence-corrected chi connectivity index (χ3v) is 6.40. The summed E-state index contributed by atoms with van der Waals surface area (Å²) < 4.78 is 10.7. The number of benzene rings is 1. The van der Waals surface area contributed by atoms with Gasteiger partial charge in [-0.2, -0.15) is 0 Å². The number of anilines is 1. The average Bonchev–Trinajstić information content (AvgIpc) is 3.34. The van der Waals surface area contributed by atoms with E-state index < -0.39 is 0 Å². The number of ether oxygens (including phenoxy) is 2. The Morgan fingerprint density at radius 3 is 2.12 bits per heavy atom. The predicted molar refractivity (Wildman–Crippen MR) is 104 cm³/mol. The molecule has 0 aliphatic heterocycles. The second kappa shape index (κ2) is 9.59. The van der Waals surface area contributed by atoms with E-state index in [1.165, 1.54) is 63.5 Å². The molecule has 1 N–H and O–H groups in total. The monoisotopic (exact) mass is 345 g/mol. The fraction of sp³-hybridized carbons (Fsp3) is 0.727. The van der Waals surface area contributed by atoms with Crippen LogP contribution in [0.1, 0.15) is 69.6 Å². The van der Waals surface area contributed by atoms with Crippen LogP contribution in [0.3, 0.4) is 0 Å². The minimum Gasteiger partial charge on any atom is -0.385 e. The van der Waals surface area contributed by atoms with Gasteiger partial charge in [0, 0.05) is 32.0 Å². The van der Waals surface area contributed by atoms with E-state index in [2.05, 4.69) is 29.6 Å². The number of hydrogen-bond donors (Lipinski definition) is 1. The first kappa shape index (κ1) is 18.7. The van der Waals surface area contributed by atoms with Crippen molar-refractivity contribution in [2.45, 2.75) is 64.1 Å². The van der Waals surface area contributed by atoms with Crippen LogP contribution in [-0.2, 0) is 9.47 Å². The maximum Gasteiger partial charge on any atom is 0.183 e. The maximum atomic E-state index is 5.37. The molecular formula is C22H35NO2. The van der Waals surface area contributed by atoms with Crippen LogP contribution >= 0.6 is 0 Å². The summed E-state index contributed by atoms with van der Waals surface area (Å²) in [6.07, 6.45) is 12.7. The van der Waals surface area contributed by atoms with Crippen LogP contribution in [0.5, 0.6) is 0 Å². The molecule has 2 saturated carbocycles. The van der Waals surface area contributed by atoms with Crippen LogP contribution < -0.4 is 5.32 Å². The van der Waals surface area contributed by atoms with Crippen LogP contribution in [-0.4, -0.2) is 20.8 Å². The fourth-order valence-electron chi connectivity index (χ4n) is 5.17. The standard InChI is InChI=1S/C22H35NO2/c1-24-22(25-2)19-12-7-13-20(16-19)23-15-14-21(17-8-3-4-9-17)18-10-5-6-11-18/h7,12-13,16-18,21-23H,3-6,8-11,14-15H2,1-2H3. The molecule has 1 aromatic carbocycles. The molecule has 0 bridgehead atoms. The van der Waals surface area contributed by atoms with E-state index in [4.69, 9.17) is 9.47 Å². The highest BCUT2D eigenvalue weighted by molar-refractivity contribution is 5.46. The van der Waals surface area contributed by atoms with Crippen molar-refractivity contribution < 1.29 is 9.47 Å². The molecule has 2 aliphatic carbocycles. The van der Waals surface area contributed by atoms with Crippen molar-refractivity contribution in [3.63, 3.8) is 0 Å². The van der Waals surface area contributed by atoms with Crippen molar-refractivity contribution in [1.82, 2.24) is 0 Å². The van der Waals surface area contributed by atoms with Gasteiger partial charge in [-0.05, 0) is 36.3 Å². The van der Waals surface area contributed by atoms with E-state index in [0.717, 1.165) is 29.9 Å². The predicted octanol–water partition coefficient (Wildman–Crippen LogP) is 5.78. The van der Waals surface area contributed by atoms with Gasteiger partial charge in [0.2, 0.25) is 0 Å². The lowest BCUT2D eigenvalue weighted by atomic mass is 9.77. The molecule has 0 aromatic heterocycles. The van der Waals surface area contributed by atoms with Gasteiger partial charge in [0.25, 0.3) is 0 Å². The first-order valence-corrected chi connectivity index (χ1v) is 10.2. The first-order valence-electron chi connectivity index (χ1n) is 10.2. The van der Waals surface area contributed by atoms with Crippen LogP contribution in [0.2, 0.25) is 0 Å². The Balaban J connectivity index is 1.55. The minimum atomic E-state index is -0.286. The summed E-state index contributed by atoms with van der Waals surface area (Å²) in [6, 6.07) is 8.43. The van der Waals surface area contributed by atoms with Crippen molar-refractivity contribution in [2.75, 3.05) is 26.1 Å². The summed E-state index contributed by atoms with van der Waals surface area (Å²) in [5, 5.41) is 3.65. The molecule has 0 radical (unpaired) electrons. The first-order chi connectivity index (χ1) is 12.3. The summed E-state index contributed by atoms with van der Waals surface area (Å²) in [7, 11) is 3.37. The largest absolute Gasteiger partial charge is 0.385 e. The Morgan fingerprint density at radius 1 is 0.960 bits per heavy atom. The highest BCUT2D eigenvalue weighted by Gasteiger charge is 2.32. The summed E-state index contributed by atoms with van der Waals surface area (Å²) >= 11 is 0. The molecule has 0 amide bonds. The Labute approximate surface area is 153 Å². The minimum absolute atomic E-state index is 0.286. The molecule has 1 aromatic rings. The highest BCUT2D eigenvalue weighted by atomic mass is 16.7. The molecule has 0 atom stereocenters. The summed E-state index contributed by atoms with van der Waals surface area (Å²) in [6.45, 7) is 1.08. The Hall–Kier alpha value is -1.06. The zero-order chi connectivity index (χ0) is 17.5. The van der Waals surface area contributed by atoms with E-state index in [0.29, 0.717) is 0 Å². The molecule has 2 aliphatic rings. The van der Waals surface area contributed by atoms with E-state index in [1.807, 2.05) is 0 Å². The average molecular weight is 346 g/mol. The van der Waals surface area contributed by atoms with Gasteiger partial charge in [-0.1, -0.05) is 63.5 Å². The number of rotatable bonds is 9. The zero-order valence-corrected chi connectivity index (χ0v) is 16.0. The molecule has 0 spiro atoms. The Morgan fingerprint density at radius 2 is 1.56 bits per heavy atom. The van der Waals surface area contributed by atoms with Crippen molar-refractivity contribution in [2.24, 2.45) is 17.8 Å². The molecule has 0 saturated heterocycles. The normalized spacial score (nSPS) is 19.4. The highest BCUT2D eigenvalue weighted by Crippen LogP contribution is 2.43. The number of nitrogens with one attached hydrogen (secondary N) is 1. The number of methoxy groups -OCH3 is 2. The van der Waals surface area contributed by atoms with Crippen LogP contribution in [0, 0.1) is 17.8 Å². The van der Waals surface area contributed by atoms with Gasteiger partial charge in [-0.25, -0.2) is 0 Å². The molecule has 3 nitrogen and oxygen atoms in total. The quantitative estimate of drug-likeness (QED) is 0.576. The Kier molecular flexibility index (Phi) is 7.18. The summed E-state index contributed by atoms with van der Waals surface area (Å²) in [5.74, 6) is 2.91. The van der Waals surface area contributed by atoms with E-state index in [1.54, 1.807) is 14.2 Å². The molecular weight excluding hydrogens is 310 g/mol. The lowest BCUT2D eigenvalue weighted by Gasteiger charge is -2.29. The van der Waals surface area contributed by atoms with Crippen LogP contribution in [0.4, 0.5) is 5.69 Å². The van der Waals surface area contributed by atoms with Gasteiger partial charge >= 0.3 is 0 Å². The molecule has 25 heavy (non-hydrogen) atoms. The molecule has 3 rings (SSSR count). The topological polar surface area (TPSA) is 30.5 Å². The van der Waals surface area contributed by atoms with Gasteiger partial charge in [0.1, 0.15) is 0 Å². The van der Waals surface area contributed by atoms with Gasteiger partial charge in [-0.3, -0.25) is 0 Å². The molecule has 140 valence electrons. The molecule has 2 fully saturated rings. The second-order valence-corrected chi connectivity index (χ2v) is 7.90. The van der Waals surface area contributed by atoms with Gasteiger partial charge in [0.05, 0.1) is 0 Å². The van der Waals surface area contributed by atoms with Crippen molar-refractivity contribution in [1.29, 1.82) is 0 Å². The van der Waals surface area contributed by atoms with Crippen molar-refractivity contribution in [3.8, 4) is 0 Å². The number of hydrogen-bond acceptors (Lipinski definition) is 3. The summed E-state index contributed by atoms with van der Waals surface area (Å²) in [4.78, 5) is 0. The lowest BCUT2D eigenvalue weighted by molar-refractivity contribution is -0.105. The third kappa shape index (κ3) is 4.98. The lowest BCUT2D eigenvalue weighted by Crippen LogP contribution is -2.23. The van der Waals surface area contributed by atoms with Crippen molar-refractivity contribution >= 4 is 5.69 Å². The maximum absolute atomic E-state index is 5.37. The SMILES string of the molecule is COC(OC)c1cccc(NCCC(C2CCCC2)C2CCCC2)c1. The zero-order valence-electron chi connectivity index (χ0n) is 16.0. The van der Waals surface area contributed by atoms with E-state index in [-0.39, 0.29) is 6.29 Å². The molecule has 3 heteroatoms. The second-order valence-electron chi connectivity index (χ2n) is 7.90.